The van der Waals surface area contributed by atoms with Crippen LogP contribution in [0.1, 0.15) is 48.7 Å². The Kier molecular flexibility index (Phi) is 3.37. The van der Waals surface area contributed by atoms with Crippen molar-refractivity contribution < 1.29 is 0 Å². The van der Waals surface area contributed by atoms with Gasteiger partial charge in [-0.1, -0.05) is 32.1 Å². The lowest BCUT2D eigenvalue weighted by Crippen LogP contribution is -1.93. The molecule has 1 aliphatic rings. The molecule has 0 saturated carbocycles. The number of allylic oxidation sites excluding steroid dienone is 3. The van der Waals surface area contributed by atoms with E-state index in [2.05, 4.69) is 42.5 Å². The molecule has 0 unspecified atom stereocenters. The molecule has 2 rings (SSSR count). The molecule has 0 N–H and O–H groups in total. The number of hydrogen-bond acceptors (Lipinski definition) is 2. The SMILES string of the molecule is CC(C)c1snc2c1CCC/C=C\C=C/2. The van der Waals surface area contributed by atoms with Crippen LogP contribution in [0.25, 0.3) is 6.08 Å². The Balaban J connectivity index is 2.38. The van der Waals surface area contributed by atoms with Crippen molar-refractivity contribution in [2.75, 3.05) is 0 Å². The van der Waals surface area contributed by atoms with Crippen LogP contribution in [0.3, 0.4) is 0 Å². The molecule has 1 heterocycles. The third kappa shape index (κ3) is 2.37. The summed E-state index contributed by atoms with van der Waals surface area (Å²) in [6, 6.07) is 0. The standard InChI is InChI=1S/C13H17NS/c1-10(2)13-11-8-6-4-3-5-7-9-12(11)14-15-13/h3,5,7,9-10H,4,6,8H2,1-2H3/b5-3-,9-7-. The Hall–Kier alpha value is -0.890. The van der Waals surface area contributed by atoms with E-state index in [0.29, 0.717) is 5.92 Å². The van der Waals surface area contributed by atoms with Gasteiger partial charge in [-0.15, -0.1) is 0 Å². The van der Waals surface area contributed by atoms with Gasteiger partial charge in [0.25, 0.3) is 0 Å². The molecule has 0 spiro atoms. The Labute approximate surface area is 95.7 Å². The Morgan fingerprint density at radius 2 is 2.20 bits per heavy atom. The molecular weight excluding hydrogens is 202 g/mol. The van der Waals surface area contributed by atoms with E-state index in [1.54, 1.807) is 11.5 Å². The molecule has 1 aliphatic carbocycles. The normalized spacial score (nSPS) is 20.2. The number of hydrogen-bond donors (Lipinski definition) is 0. The highest BCUT2D eigenvalue weighted by Gasteiger charge is 2.14. The van der Waals surface area contributed by atoms with Gasteiger partial charge in [0.1, 0.15) is 0 Å². The van der Waals surface area contributed by atoms with Gasteiger partial charge in [0.15, 0.2) is 0 Å². The highest BCUT2D eigenvalue weighted by Crippen LogP contribution is 2.29. The third-order valence-corrected chi connectivity index (χ3v) is 3.87. The second-order valence-corrected chi connectivity index (χ2v) is 5.05. The number of nitrogens with zero attached hydrogens (tertiary/aromatic N) is 1. The summed E-state index contributed by atoms with van der Waals surface area (Å²) >= 11 is 1.67. The zero-order chi connectivity index (χ0) is 10.7. The van der Waals surface area contributed by atoms with E-state index in [1.165, 1.54) is 35.4 Å². The van der Waals surface area contributed by atoms with Crippen LogP contribution < -0.4 is 0 Å². The highest BCUT2D eigenvalue weighted by molar-refractivity contribution is 7.06. The van der Waals surface area contributed by atoms with Crippen molar-refractivity contribution in [3.8, 4) is 0 Å². The summed E-state index contributed by atoms with van der Waals surface area (Å²) in [5.41, 5.74) is 2.67. The smallest absolute Gasteiger partial charge is 0.0803 e. The fourth-order valence-electron chi connectivity index (χ4n) is 1.89. The van der Waals surface area contributed by atoms with Crippen LogP contribution in [-0.2, 0) is 6.42 Å². The summed E-state index contributed by atoms with van der Waals surface area (Å²) in [6.07, 6.45) is 12.2. The molecule has 1 aromatic rings. The van der Waals surface area contributed by atoms with Crippen LogP contribution in [0.2, 0.25) is 0 Å². The van der Waals surface area contributed by atoms with E-state index < -0.39 is 0 Å². The van der Waals surface area contributed by atoms with Gasteiger partial charge in [0.2, 0.25) is 0 Å². The quantitative estimate of drug-likeness (QED) is 0.690. The van der Waals surface area contributed by atoms with E-state index in [4.69, 9.17) is 0 Å². The predicted molar refractivity (Wildman–Crippen MR) is 67.3 cm³/mol. The minimum absolute atomic E-state index is 0.605. The lowest BCUT2D eigenvalue weighted by Gasteiger charge is -2.05. The van der Waals surface area contributed by atoms with Gasteiger partial charge in [-0.25, -0.2) is 0 Å². The molecule has 0 saturated heterocycles. The molecule has 0 bridgehead atoms. The average Bonchev–Trinajstić information content (AvgIpc) is 2.61. The Morgan fingerprint density at radius 3 is 3.00 bits per heavy atom. The minimum Gasteiger partial charge on any atom is -0.193 e. The molecule has 2 heteroatoms. The molecule has 0 fully saturated rings. The van der Waals surface area contributed by atoms with Crippen molar-refractivity contribution >= 4 is 17.6 Å². The van der Waals surface area contributed by atoms with E-state index in [1.807, 2.05) is 0 Å². The van der Waals surface area contributed by atoms with Crippen LogP contribution in [0.4, 0.5) is 0 Å². The summed E-state index contributed by atoms with van der Waals surface area (Å²) in [5.74, 6) is 0.605. The highest BCUT2D eigenvalue weighted by atomic mass is 32.1. The molecule has 0 radical (unpaired) electrons. The van der Waals surface area contributed by atoms with Crippen LogP contribution in [0.5, 0.6) is 0 Å². The first-order chi connectivity index (χ1) is 7.29. The predicted octanol–water partition coefficient (Wildman–Crippen LogP) is 4.17. The second-order valence-electron chi connectivity index (χ2n) is 4.24. The van der Waals surface area contributed by atoms with E-state index in [9.17, 15) is 0 Å². The van der Waals surface area contributed by atoms with Crippen molar-refractivity contribution in [2.24, 2.45) is 0 Å². The van der Waals surface area contributed by atoms with E-state index >= 15 is 0 Å². The molecule has 0 atom stereocenters. The van der Waals surface area contributed by atoms with Gasteiger partial charge in [-0.2, -0.15) is 4.37 Å². The molecule has 0 aromatic carbocycles. The summed E-state index contributed by atoms with van der Waals surface area (Å²) < 4.78 is 4.54. The van der Waals surface area contributed by atoms with Gasteiger partial charge < -0.3 is 0 Å². The second kappa shape index (κ2) is 4.75. The molecule has 0 aliphatic heterocycles. The topological polar surface area (TPSA) is 12.9 Å². The molecule has 1 nitrogen and oxygen atoms in total. The first-order valence-electron chi connectivity index (χ1n) is 5.60. The van der Waals surface area contributed by atoms with E-state index in [0.717, 1.165) is 0 Å². The molecule has 15 heavy (non-hydrogen) atoms. The fraction of sp³-hybridized carbons (Fsp3) is 0.462. The summed E-state index contributed by atoms with van der Waals surface area (Å²) in [6.45, 7) is 4.50. The monoisotopic (exact) mass is 219 g/mol. The summed E-state index contributed by atoms with van der Waals surface area (Å²) in [5, 5.41) is 0. The average molecular weight is 219 g/mol. The van der Waals surface area contributed by atoms with Crippen molar-refractivity contribution in [2.45, 2.75) is 39.0 Å². The zero-order valence-electron chi connectivity index (χ0n) is 9.36. The van der Waals surface area contributed by atoms with Gasteiger partial charge in [-0.3, -0.25) is 0 Å². The number of aromatic nitrogens is 1. The van der Waals surface area contributed by atoms with Gasteiger partial charge in [0, 0.05) is 4.88 Å². The van der Waals surface area contributed by atoms with Gasteiger partial charge in [-0.05, 0) is 48.4 Å². The molecular formula is C13H17NS. The van der Waals surface area contributed by atoms with Gasteiger partial charge in [0.05, 0.1) is 5.69 Å². The Bertz CT molecular complexity index is 385. The fourth-order valence-corrected chi connectivity index (χ4v) is 2.78. The molecule has 80 valence electrons. The van der Waals surface area contributed by atoms with Crippen molar-refractivity contribution in [1.82, 2.24) is 4.37 Å². The van der Waals surface area contributed by atoms with Crippen LogP contribution in [0.15, 0.2) is 18.2 Å². The summed E-state index contributed by atoms with van der Waals surface area (Å²) in [4.78, 5) is 1.47. The zero-order valence-corrected chi connectivity index (χ0v) is 10.2. The van der Waals surface area contributed by atoms with Gasteiger partial charge >= 0.3 is 0 Å². The minimum atomic E-state index is 0.605. The maximum atomic E-state index is 4.54. The largest absolute Gasteiger partial charge is 0.193 e. The van der Waals surface area contributed by atoms with Crippen molar-refractivity contribution in [1.29, 1.82) is 0 Å². The summed E-state index contributed by atoms with van der Waals surface area (Å²) in [7, 11) is 0. The van der Waals surface area contributed by atoms with Crippen LogP contribution in [-0.4, -0.2) is 4.37 Å². The van der Waals surface area contributed by atoms with Crippen molar-refractivity contribution in [3.05, 3.63) is 34.4 Å². The number of rotatable bonds is 1. The van der Waals surface area contributed by atoms with Crippen LogP contribution >= 0.6 is 11.5 Å². The Morgan fingerprint density at radius 1 is 1.33 bits per heavy atom. The number of fused-ring (bicyclic) bond motifs is 1. The first-order valence-corrected chi connectivity index (χ1v) is 6.38. The van der Waals surface area contributed by atoms with Crippen molar-refractivity contribution in [3.63, 3.8) is 0 Å². The maximum absolute atomic E-state index is 4.54. The third-order valence-electron chi connectivity index (χ3n) is 2.67. The lowest BCUT2D eigenvalue weighted by molar-refractivity contribution is 0.808. The van der Waals surface area contributed by atoms with E-state index in [-0.39, 0.29) is 0 Å². The first kappa shape index (κ1) is 10.6. The van der Waals surface area contributed by atoms with Crippen LogP contribution in [0, 0.1) is 0 Å². The molecule has 1 aromatic heterocycles. The maximum Gasteiger partial charge on any atom is 0.0803 e. The molecule has 0 amide bonds. The lowest BCUT2D eigenvalue weighted by atomic mass is 10.0.